The lowest BCUT2D eigenvalue weighted by molar-refractivity contribution is 0.758. The summed E-state index contributed by atoms with van der Waals surface area (Å²) < 4.78 is 2.21. The van der Waals surface area contributed by atoms with E-state index >= 15 is 0 Å². The van der Waals surface area contributed by atoms with E-state index in [1.807, 2.05) is 72.9 Å². The number of aromatic nitrogens is 5. The van der Waals surface area contributed by atoms with Crippen molar-refractivity contribution in [2.24, 2.45) is 0 Å². The zero-order valence-electron chi connectivity index (χ0n) is 23.7. The van der Waals surface area contributed by atoms with E-state index in [1.165, 1.54) is 22.5 Å². The zero-order chi connectivity index (χ0) is 29.0. The first-order valence-electron chi connectivity index (χ1n) is 14.8. The third-order valence-corrected chi connectivity index (χ3v) is 8.62. The van der Waals surface area contributed by atoms with Gasteiger partial charge in [-0.25, -0.2) is 4.98 Å². The highest BCUT2D eigenvalue weighted by Gasteiger charge is 2.39. The fraction of sp³-hybridized carbons (Fsp3) is 0.0526. The van der Waals surface area contributed by atoms with E-state index in [1.54, 1.807) is 0 Å². The molecule has 2 aliphatic rings. The third kappa shape index (κ3) is 3.81. The van der Waals surface area contributed by atoms with Crippen molar-refractivity contribution in [3.8, 4) is 28.7 Å². The summed E-state index contributed by atoms with van der Waals surface area (Å²) in [6.45, 7) is 0. The van der Waals surface area contributed by atoms with Crippen molar-refractivity contribution in [2.75, 3.05) is 4.90 Å². The second-order valence-corrected chi connectivity index (χ2v) is 11.1. The fourth-order valence-electron chi connectivity index (χ4n) is 6.70. The van der Waals surface area contributed by atoms with Crippen LogP contribution < -0.4 is 4.90 Å². The van der Waals surface area contributed by atoms with Crippen LogP contribution in [0, 0.1) is 0 Å². The van der Waals surface area contributed by atoms with Crippen molar-refractivity contribution < 1.29 is 0 Å². The summed E-state index contributed by atoms with van der Waals surface area (Å²) in [4.78, 5) is 22.5. The molecule has 0 radical (unpaired) electrons. The number of benzene rings is 4. The van der Waals surface area contributed by atoms with Gasteiger partial charge in [0.25, 0.3) is 0 Å². The van der Waals surface area contributed by atoms with Gasteiger partial charge in [-0.15, -0.1) is 0 Å². The van der Waals surface area contributed by atoms with Gasteiger partial charge in [0.15, 0.2) is 11.6 Å². The highest BCUT2D eigenvalue weighted by molar-refractivity contribution is 6.04. The average molecular weight is 567 g/mol. The summed E-state index contributed by atoms with van der Waals surface area (Å²) in [6.07, 6.45) is 4.98. The van der Waals surface area contributed by atoms with Gasteiger partial charge in [-0.2, -0.15) is 9.97 Å². The Morgan fingerprint density at radius 3 is 1.95 bits per heavy atom. The molecule has 3 aromatic heterocycles. The predicted octanol–water partition coefficient (Wildman–Crippen LogP) is 8.16. The second kappa shape index (κ2) is 9.85. The molecule has 0 spiro atoms. The maximum absolute atomic E-state index is 5.11. The third-order valence-electron chi connectivity index (χ3n) is 8.62. The summed E-state index contributed by atoms with van der Waals surface area (Å²) in [6, 6.07) is 43.8. The van der Waals surface area contributed by atoms with E-state index < -0.39 is 0 Å². The van der Waals surface area contributed by atoms with Gasteiger partial charge in [0.05, 0.1) is 17.1 Å². The Labute approximate surface area is 254 Å². The van der Waals surface area contributed by atoms with Gasteiger partial charge in [-0.3, -0.25) is 9.55 Å². The van der Waals surface area contributed by atoms with Gasteiger partial charge in [0.2, 0.25) is 5.95 Å². The quantitative estimate of drug-likeness (QED) is 0.215. The Balaban J connectivity index is 1.29. The number of nitrogens with zero attached hydrogens (tertiary/aromatic N) is 6. The number of fused-ring (bicyclic) bond motifs is 6. The molecule has 9 rings (SSSR count). The lowest BCUT2D eigenvalue weighted by atomic mass is 9.90. The minimum atomic E-state index is 0.120. The summed E-state index contributed by atoms with van der Waals surface area (Å²) >= 11 is 0. The van der Waals surface area contributed by atoms with Gasteiger partial charge < -0.3 is 4.90 Å². The summed E-state index contributed by atoms with van der Waals surface area (Å²) in [7, 11) is 0. The van der Waals surface area contributed by atoms with Gasteiger partial charge >= 0.3 is 0 Å². The topological polar surface area (TPSA) is 59.7 Å². The van der Waals surface area contributed by atoms with Crippen molar-refractivity contribution in [1.29, 1.82) is 0 Å². The standard InChI is InChI=1S/C38H26N6/c1-4-13-25(14-5-1)36-40-37(26-15-6-2-7-16-26)42-38(41-36)44-32-21-12-22-39-35(32)30-23-29-28-19-10-11-20-31(28)43(33(29)24-34(30)44)27-17-8-3-9-18-27/h1-23,33H,24H2. The van der Waals surface area contributed by atoms with Gasteiger partial charge in [0.1, 0.15) is 0 Å². The molecular weight excluding hydrogens is 540 g/mol. The van der Waals surface area contributed by atoms with Crippen LogP contribution in [0.25, 0.3) is 51.4 Å². The molecule has 0 saturated carbocycles. The normalized spacial score (nSPS) is 15.0. The van der Waals surface area contributed by atoms with Gasteiger partial charge in [-0.1, -0.05) is 97.1 Å². The minimum Gasteiger partial charge on any atom is -0.333 e. The first-order valence-corrected chi connectivity index (χ1v) is 14.8. The first-order chi connectivity index (χ1) is 21.8. The van der Waals surface area contributed by atoms with Crippen molar-refractivity contribution in [2.45, 2.75) is 12.5 Å². The Kier molecular flexibility index (Phi) is 5.53. The van der Waals surface area contributed by atoms with E-state index in [0.717, 1.165) is 39.8 Å². The SMILES string of the molecule is C1=C2c3ccccc3N(c3ccccc3)C2Cc2c1c1ncccc1n2-c1nc(-c2ccccc2)nc(-c2ccccc2)n1. The molecule has 0 bridgehead atoms. The number of para-hydroxylation sites is 2. The van der Waals surface area contributed by atoms with Crippen molar-refractivity contribution in [1.82, 2.24) is 24.5 Å². The number of anilines is 2. The van der Waals surface area contributed by atoms with E-state index in [9.17, 15) is 0 Å². The molecule has 4 heterocycles. The lowest BCUT2D eigenvalue weighted by Crippen LogP contribution is -2.31. The van der Waals surface area contributed by atoms with Gasteiger partial charge in [-0.05, 0) is 42.0 Å². The highest BCUT2D eigenvalue weighted by atomic mass is 15.2. The van der Waals surface area contributed by atoms with Crippen molar-refractivity contribution in [3.63, 3.8) is 0 Å². The molecule has 4 aromatic carbocycles. The van der Waals surface area contributed by atoms with E-state index in [0.29, 0.717) is 17.6 Å². The molecule has 6 nitrogen and oxygen atoms in total. The molecule has 0 amide bonds. The maximum atomic E-state index is 5.11. The summed E-state index contributed by atoms with van der Waals surface area (Å²) in [5, 5.41) is 0. The monoisotopic (exact) mass is 566 g/mol. The first kappa shape index (κ1) is 24.7. The molecule has 0 N–H and O–H groups in total. The summed E-state index contributed by atoms with van der Waals surface area (Å²) in [5.41, 5.74) is 11.1. The van der Waals surface area contributed by atoms with E-state index in [-0.39, 0.29) is 6.04 Å². The molecule has 0 fully saturated rings. The van der Waals surface area contributed by atoms with Crippen LogP contribution in [0.4, 0.5) is 11.4 Å². The van der Waals surface area contributed by atoms with Crippen LogP contribution in [0.15, 0.2) is 134 Å². The highest BCUT2D eigenvalue weighted by Crippen LogP contribution is 2.50. The largest absolute Gasteiger partial charge is 0.333 e. The number of rotatable bonds is 4. The van der Waals surface area contributed by atoms with Crippen LogP contribution in [0.5, 0.6) is 0 Å². The molecule has 1 aliphatic carbocycles. The van der Waals surface area contributed by atoms with Crippen LogP contribution in [-0.2, 0) is 6.42 Å². The Morgan fingerprint density at radius 1 is 0.614 bits per heavy atom. The summed E-state index contributed by atoms with van der Waals surface area (Å²) in [5.74, 6) is 1.87. The van der Waals surface area contributed by atoms with Crippen molar-refractivity contribution in [3.05, 3.63) is 150 Å². The average Bonchev–Trinajstić information content (AvgIpc) is 3.60. The van der Waals surface area contributed by atoms with Crippen LogP contribution in [0.3, 0.4) is 0 Å². The molecule has 1 unspecified atom stereocenters. The molecule has 208 valence electrons. The second-order valence-electron chi connectivity index (χ2n) is 11.1. The molecule has 1 aliphatic heterocycles. The minimum absolute atomic E-state index is 0.120. The number of hydrogen-bond acceptors (Lipinski definition) is 5. The lowest BCUT2D eigenvalue weighted by Gasteiger charge is -2.30. The Hall–Kier alpha value is -5.88. The molecule has 0 saturated heterocycles. The number of hydrogen-bond donors (Lipinski definition) is 0. The molecule has 6 heteroatoms. The predicted molar refractivity (Wildman–Crippen MR) is 176 cm³/mol. The maximum Gasteiger partial charge on any atom is 0.238 e. The van der Waals surface area contributed by atoms with Crippen LogP contribution >= 0.6 is 0 Å². The van der Waals surface area contributed by atoms with Crippen LogP contribution in [0.2, 0.25) is 0 Å². The molecule has 44 heavy (non-hydrogen) atoms. The smallest absolute Gasteiger partial charge is 0.238 e. The molecular formula is C38H26N6. The molecule has 7 aromatic rings. The van der Waals surface area contributed by atoms with Crippen molar-refractivity contribution >= 4 is 34.1 Å². The number of pyridine rings is 1. The van der Waals surface area contributed by atoms with Gasteiger partial charge in [0, 0.05) is 51.9 Å². The Bertz CT molecular complexity index is 2150. The Morgan fingerprint density at radius 2 is 1.25 bits per heavy atom. The zero-order valence-corrected chi connectivity index (χ0v) is 23.7. The van der Waals surface area contributed by atoms with Crippen LogP contribution in [-0.4, -0.2) is 30.5 Å². The van der Waals surface area contributed by atoms with E-state index in [2.05, 4.69) is 76.2 Å². The van der Waals surface area contributed by atoms with Crippen LogP contribution in [0.1, 0.15) is 16.8 Å². The van der Waals surface area contributed by atoms with E-state index in [4.69, 9.17) is 19.9 Å². The fourth-order valence-corrected chi connectivity index (χ4v) is 6.70. The molecule has 1 atom stereocenters.